The molecule has 0 aliphatic heterocycles. The van der Waals surface area contributed by atoms with Crippen LogP contribution in [0.2, 0.25) is 0 Å². The van der Waals surface area contributed by atoms with Gasteiger partial charge in [-0.25, -0.2) is 0 Å². The van der Waals surface area contributed by atoms with Crippen LogP contribution in [0.25, 0.3) is 10.8 Å². The van der Waals surface area contributed by atoms with E-state index in [4.69, 9.17) is 0 Å². The molecule has 76 valence electrons. The van der Waals surface area contributed by atoms with Crippen LogP contribution >= 0.6 is 0 Å². The molecule has 2 aromatic rings. The maximum Gasteiger partial charge on any atom is 0.270 e. The minimum absolute atomic E-state index is 0.149. The van der Waals surface area contributed by atoms with E-state index in [9.17, 15) is 10.1 Å². The highest BCUT2D eigenvalue weighted by Crippen LogP contribution is 2.25. The first-order valence-corrected chi connectivity index (χ1v) is 4.74. The molecule has 0 aliphatic carbocycles. The van der Waals surface area contributed by atoms with E-state index in [0.717, 1.165) is 21.9 Å². The molecule has 0 heterocycles. The van der Waals surface area contributed by atoms with Crippen molar-refractivity contribution in [3.8, 4) is 0 Å². The fourth-order valence-electron chi connectivity index (χ4n) is 1.68. The van der Waals surface area contributed by atoms with Gasteiger partial charge in [0, 0.05) is 12.1 Å². The molecule has 0 aromatic heterocycles. The molecule has 3 heteroatoms. The molecule has 0 N–H and O–H groups in total. The molecule has 2 rings (SSSR count). The molecule has 0 fully saturated rings. The summed E-state index contributed by atoms with van der Waals surface area (Å²) in [5.41, 5.74) is 2.41. The van der Waals surface area contributed by atoms with Crippen LogP contribution < -0.4 is 0 Å². The van der Waals surface area contributed by atoms with E-state index in [1.807, 2.05) is 26.0 Å². The van der Waals surface area contributed by atoms with E-state index >= 15 is 0 Å². The Kier molecular flexibility index (Phi) is 2.15. The van der Waals surface area contributed by atoms with Gasteiger partial charge in [-0.15, -0.1) is 0 Å². The summed E-state index contributed by atoms with van der Waals surface area (Å²) in [4.78, 5) is 10.3. The largest absolute Gasteiger partial charge is 0.270 e. The molecule has 0 saturated carbocycles. The van der Waals surface area contributed by atoms with Crippen molar-refractivity contribution in [2.24, 2.45) is 0 Å². The maximum absolute atomic E-state index is 10.6. The molecule has 0 saturated heterocycles. The van der Waals surface area contributed by atoms with Crippen LogP contribution in [0.15, 0.2) is 30.3 Å². The number of rotatable bonds is 1. The molecule has 3 nitrogen and oxygen atoms in total. The minimum atomic E-state index is -0.360. The lowest BCUT2D eigenvalue weighted by Gasteiger charge is -2.04. The minimum Gasteiger partial charge on any atom is -0.258 e. The fraction of sp³-hybridized carbons (Fsp3) is 0.167. The first kappa shape index (κ1) is 9.65. The van der Waals surface area contributed by atoms with Gasteiger partial charge in [-0.2, -0.15) is 0 Å². The standard InChI is InChI=1S/C12H11NO2/c1-8-3-4-10-5-6-11(13(14)15)7-12(10)9(8)2/h3-7H,1-2H3. The van der Waals surface area contributed by atoms with Crippen molar-refractivity contribution in [2.45, 2.75) is 13.8 Å². The number of non-ortho nitro benzene ring substituents is 1. The molecule has 0 bridgehead atoms. The van der Waals surface area contributed by atoms with Gasteiger partial charge < -0.3 is 0 Å². The van der Waals surface area contributed by atoms with E-state index in [1.54, 1.807) is 12.1 Å². The third-order valence-corrected chi connectivity index (χ3v) is 2.76. The van der Waals surface area contributed by atoms with Crippen LogP contribution in [0, 0.1) is 24.0 Å². The highest BCUT2D eigenvalue weighted by molar-refractivity contribution is 5.88. The van der Waals surface area contributed by atoms with Crippen molar-refractivity contribution in [3.63, 3.8) is 0 Å². The first-order valence-electron chi connectivity index (χ1n) is 4.74. The zero-order valence-electron chi connectivity index (χ0n) is 8.65. The number of aryl methyl sites for hydroxylation is 2. The normalized spacial score (nSPS) is 10.5. The summed E-state index contributed by atoms with van der Waals surface area (Å²) >= 11 is 0. The Labute approximate surface area is 87.5 Å². The van der Waals surface area contributed by atoms with E-state index < -0.39 is 0 Å². The number of hydrogen-bond acceptors (Lipinski definition) is 2. The van der Waals surface area contributed by atoms with Crippen molar-refractivity contribution in [1.82, 2.24) is 0 Å². The summed E-state index contributed by atoms with van der Waals surface area (Å²) < 4.78 is 0. The number of nitro groups is 1. The van der Waals surface area contributed by atoms with Gasteiger partial charge in [-0.05, 0) is 41.8 Å². The van der Waals surface area contributed by atoms with E-state index in [2.05, 4.69) is 0 Å². The average molecular weight is 201 g/mol. The van der Waals surface area contributed by atoms with Crippen LogP contribution in [-0.4, -0.2) is 4.92 Å². The van der Waals surface area contributed by atoms with Crippen LogP contribution in [0.5, 0.6) is 0 Å². The Morgan fingerprint density at radius 2 is 1.80 bits per heavy atom. The molecule has 0 amide bonds. The average Bonchev–Trinajstić information content (AvgIpc) is 2.23. The van der Waals surface area contributed by atoms with Crippen LogP contribution in [0.3, 0.4) is 0 Å². The Morgan fingerprint density at radius 1 is 1.13 bits per heavy atom. The second-order valence-electron chi connectivity index (χ2n) is 3.67. The number of fused-ring (bicyclic) bond motifs is 1. The molecule has 0 spiro atoms. The predicted octanol–water partition coefficient (Wildman–Crippen LogP) is 3.36. The topological polar surface area (TPSA) is 43.1 Å². The maximum atomic E-state index is 10.6. The summed E-state index contributed by atoms with van der Waals surface area (Å²) in [7, 11) is 0. The summed E-state index contributed by atoms with van der Waals surface area (Å²) in [6.45, 7) is 4.00. The SMILES string of the molecule is Cc1ccc2ccc([N+](=O)[O-])cc2c1C. The zero-order valence-corrected chi connectivity index (χ0v) is 8.65. The van der Waals surface area contributed by atoms with Gasteiger partial charge in [-0.1, -0.05) is 12.1 Å². The predicted molar refractivity (Wildman–Crippen MR) is 60.1 cm³/mol. The number of nitrogens with zero attached hydrogens (tertiary/aromatic N) is 1. The Hall–Kier alpha value is -1.90. The Morgan fingerprint density at radius 3 is 2.47 bits per heavy atom. The second-order valence-corrected chi connectivity index (χ2v) is 3.67. The van der Waals surface area contributed by atoms with Crippen molar-refractivity contribution < 1.29 is 4.92 Å². The molecule has 0 atom stereocenters. The summed E-state index contributed by atoms with van der Waals surface area (Å²) in [5.74, 6) is 0. The number of hydrogen-bond donors (Lipinski definition) is 0. The van der Waals surface area contributed by atoms with Gasteiger partial charge in [0.1, 0.15) is 0 Å². The highest BCUT2D eigenvalue weighted by Gasteiger charge is 2.07. The van der Waals surface area contributed by atoms with Crippen molar-refractivity contribution in [2.75, 3.05) is 0 Å². The van der Waals surface area contributed by atoms with Gasteiger partial charge in [0.15, 0.2) is 0 Å². The van der Waals surface area contributed by atoms with Gasteiger partial charge in [0.2, 0.25) is 0 Å². The van der Waals surface area contributed by atoms with Crippen molar-refractivity contribution >= 4 is 16.5 Å². The number of nitro benzene ring substituents is 1. The smallest absolute Gasteiger partial charge is 0.258 e. The lowest BCUT2D eigenvalue weighted by molar-refractivity contribution is -0.384. The molecular weight excluding hydrogens is 190 g/mol. The van der Waals surface area contributed by atoms with Gasteiger partial charge in [-0.3, -0.25) is 10.1 Å². The van der Waals surface area contributed by atoms with Crippen molar-refractivity contribution in [1.29, 1.82) is 0 Å². The van der Waals surface area contributed by atoms with Crippen molar-refractivity contribution in [3.05, 3.63) is 51.6 Å². The van der Waals surface area contributed by atoms with Gasteiger partial charge in [0.05, 0.1) is 4.92 Å². The van der Waals surface area contributed by atoms with E-state index in [-0.39, 0.29) is 10.6 Å². The Bertz CT molecular complexity index is 547. The second kappa shape index (κ2) is 3.35. The summed E-state index contributed by atoms with van der Waals surface area (Å²) in [6.07, 6.45) is 0. The summed E-state index contributed by atoms with van der Waals surface area (Å²) in [5, 5.41) is 12.7. The third kappa shape index (κ3) is 1.56. The van der Waals surface area contributed by atoms with Crippen LogP contribution in [0.1, 0.15) is 11.1 Å². The van der Waals surface area contributed by atoms with Gasteiger partial charge in [0.25, 0.3) is 5.69 Å². The Balaban J connectivity index is 2.79. The van der Waals surface area contributed by atoms with Gasteiger partial charge >= 0.3 is 0 Å². The van der Waals surface area contributed by atoms with Crippen LogP contribution in [-0.2, 0) is 0 Å². The van der Waals surface area contributed by atoms with Crippen LogP contribution in [0.4, 0.5) is 5.69 Å². The van der Waals surface area contributed by atoms with E-state index in [1.165, 1.54) is 6.07 Å². The molecule has 0 unspecified atom stereocenters. The van der Waals surface area contributed by atoms with E-state index in [0.29, 0.717) is 0 Å². The molecule has 15 heavy (non-hydrogen) atoms. The fourth-order valence-corrected chi connectivity index (χ4v) is 1.68. The lowest BCUT2D eigenvalue weighted by Crippen LogP contribution is -1.89. The summed E-state index contributed by atoms with van der Waals surface area (Å²) in [6, 6.07) is 8.99. The highest BCUT2D eigenvalue weighted by atomic mass is 16.6. The molecule has 0 aliphatic rings. The lowest BCUT2D eigenvalue weighted by atomic mass is 10.0. The quantitative estimate of drug-likeness (QED) is 0.524. The zero-order chi connectivity index (χ0) is 11.0. The third-order valence-electron chi connectivity index (χ3n) is 2.76. The number of benzene rings is 2. The molecule has 2 aromatic carbocycles. The molecular formula is C12H11NO2. The first-order chi connectivity index (χ1) is 7.09. The monoisotopic (exact) mass is 201 g/mol. The molecule has 0 radical (unpaired) electrons.